The van der Waals surface area contributed by atoms with E-state index in [0.717, 1.165) is 5.56 Å². The SMILES string of the molecule is Cc1nn(C)c(C)c1S(=O)(=O)N1CCCN(C(=O)c2cc(-c3ccccc3)n[nH]2)CC1. The van der Waals surface area contributed by atoms with Gasteiger partial charge >= 0.3 is 0 Å². The number of nitrogens with one attached hydrogen (secondary N) is 1. The predicted octanol–water partition coefficient (Wildman–Crippen LogP) is 1.96. The van der Waals surface area contributed by atoms with Crippen molar-refractivity contribution in [1.82, 2.24) is 29.2 Å². The van der Waals surface area contributed by atoms with E-state index in [0.29, 0.717) is 48.8 Å². The standard InChI is InChI=1S/C21H26N6O3S/c1-15-20(16(2)25(3)24-15)31(29,30)27-11-7-10-26(12-13-27)21(28)19-14-18(22-23-19)17-8-5-4-6-9-17/h4-6,8-9,14H,7,10-13H2,1-3H3,(H,22,23). The number of aryl methyl sites for hydroxylation is 2. The maximum Gasteiger partial charge on any atom is 0.271 e. The van der Waals surface area contributed by atoms with Crippen LogP contribution in [0.15, 0.2) is 41.3 Å². The second-order valence-corrected chi connectivity index (χ2v) is 9.58. The molecule has 3 aromatic rings. The molecule has 9 nitrogen and oxygen atoms in total. The molecule has 1 fully saturated rings. The summed E-state index contributed by atoms with van der Waals surface area (Å²) in [5.41, 5.74) is 3.12. The van der Waals surface area contributed by atoms with Crippen molar-refractivity contribution in [3.63, 3.8) is 0 Å². The summed E-state index contributed by atoms with van der Waals surface area (Å²) in [7, 11) is -1.95. The summed E-state index contributed by atoms with van der Waals surface area (Å²) in [6.07, 6.45) is 0.559. The molecule has 1 N–H and O–H groups in total. The Kier molecular flexibility index (Phi) is 5.67. The number of nitrogens with zero attached hydrogens (tertiary/aromatic N) is 5. The van der Waals surface area contributed by atoms with Crippen molar-refractivity contribution in [2.24, 2.45) is 7.05 Å². The van der Waals surface area contributed by atoms with E-state index in [-0.39, 0.29) is 17.3 Å². The maximum atomic E-state index is 13.3. The maximum absolute atomic E-state index is 13.3. The Bertz CT molecular complexity index is 1200. The molecule has 1 amide bonds. The van der Waals surface area contributed by atoms with E-state index in [1.807, 2.05) is 30.3 Å². The van der Waals surface area contributed by atoms with Crippen LogP contribution in [0.4, 0.5) is 0 Å². The van der Waals surface area contributed by atoms with E-state index in [1.54, 1.807) is 36.5 Å². The second kappa shape index (κ2) is 8.27. The number of carbonyl (C=O) groups is 1. The first-order valence-corrected chi connectivity index (χ1v) is 11.6. The lowest BCUT2D eigenvalue weighted by atomic mass is 10.1. The summed E-state index contributed by atoms with van der Waals surface area (Å²) in [6, 6.07) is 11.4. The highest BCUT2D eigenvalue weighted by molar-refractivity contribution is 7.89. The van der Waals surface area contributed by atoms with Gasteiger partial charge in [-0.15, -0.1) is 0 Å². The Balaban J connectivity index is 1.49. The molecule has 31 heavy (non-hydrogen) atoms. The Labute approximate surface area is 181 Å². The molecule has 2 aromatic heterocycles. The lowest BCUT2D eigenvalue weighted by Crippen LogP contribution is -2.37. The van der Waals surface area contributed by atoms with Crippen LogP contribution in [-0.4, -0.2) is 69.7 Å². The van der Waals surface area contributed by atoms with Gasteiger partial charge in [0.1, 0.15) is 10.6 Å². The molecule has 0 radical (unpaired) electrons. The van der Waals surface area contributed by atoms with E-state index >= 15 is 0 Å². The summed E-state index contributed by atoms with van der Waals surface area (Å²) in [6.45, 7) is 4.85. The number of benzene rings is 1. The zero-order valence-corrected chi connectivity index (χ0v) is 18.7. The van der Waals surface area contributed by atoms with Crippen LogP contribution in [0.3, 0.4) is 0 Å². The van der Waals surface area contributed by atoms with Gasteiger partial charge in [-0.05, 0) is 26.3 Å². The summed E-state index contributed by atoms with van der Waals surface area (Å²) in [5, 5.41) is 11.3. The molecule has 0 unspecified atom stereocenters. The lowest BCUT2D eigenvalue weighted by molar-refractivity contribution is 0.0758. The third-order valence-corrected chi connectivity index (χ3v) is 7.81. The van der Waals surface area contributed by atoms with Gasteiger partial charge in [-0.2, -0.15) is 14.5 Å². The zero-order valence-electron chi connectivity index (χ0n) is 17.9. The van der Waals surface area contributed by atoms with Crippen molar-refractivity contribution in [2.45, 2.75) is 25.2 Å². The Hall–Kier alpha value is -2.98. The summed E-state index contributed by atoms with van der Waals surface area (Å²) >= 11 is 0. The van der Waals surface area contributed by atoms with Gasteiger partial charge in [0, 0.05) is 38.8 Å². The van der Waals surface area contributed by atoms with E-state index in [4.69, 9.17) is 0 Å². The highest BCUT2D eigenvalue weighted by Gasteiger charge is 2.33. The number of rotatable bonds is 4. The number of hydrogen-bond donors (Lipinski definition) is 1. The van der Waals surface area contributed by atoms with Crippen LogP contribution in [-0.2, 0) is 17.1 Å². The molecular weight excluding hydrogens is 416 g/mol. The van der Waals surface area contributed by atoms with Crippen molar-refractivity contribution in [2.75, 3.05) is 26.2 Å². The Morgan fingerprint density at radius 1 is 1.06 bits per heavy atom. The molecule has 1 saturated heterocycles. The molecule has 164 valence electrons. The molecule has 0 bridgehead atoms. The minimum absolute atomic E-state index is 0.178. The fourth-order valence-corrected chi connectivity index (χ4v) is 5.82. The van der Waals surface area contributed by atoms with Crippen LogP contribution >= 0.6 is 0 Å². The van der Waals surface area contributed by atoms with Crippen molar-refractivity contribution in [3.05, 3.63) is 53.5 Å². The second-order valence-electron chi connectivity index (χ2n) is 7.71. The number of sulfonamides is 1. The molecule has 0 aliphatic carbocycles. The Morgan fingerprint density at radius 2 is 1.81 bits per heavy atom. The average Bonchev–Trinajstić information content (AvgIpc) is 3.23. The number of aromatic nitrogens is 4. The highest BCUT2D eigenvalue weighted by Crippen LogP contribution is 2.24. The minimum atomic E-state index is -3.68. The molecule has 10 heteroatoms. The van der Waals surface area contributed by atoms with E-state index in [9.17, 15) is 13.2 Å². The van der Waals surface area contributed by atoms with Crippen LogP contribution < -0.4 is 0 Å². The summed E-state index contributed by atoms with van der Waals surface area (Å²) in [4.78, 5) is 14.9. The minimum Gasteiger partial charge on any atom is -0.336 e. The third-order valence-electron chi connectivity index (χ3n) is 5.66. The molecule has 1 aromatic carbocycles. The first-order valence-electron chi connectivity index (χ1n) is 10.2. The lowest BCUT2D eigenvalue weighted by Gasteiger charge is -2.21. The van der Waals surface area contributed by atoms with Crippen molar-refractivity contribution in [3.8, 4) is 11.3 Å². The number of H-pyrrole nitrogens is 1. The van der Waals surface area contributed by atoms with Gasteiger partial charge < -0.3 is 4.90 Å². The van der Waals surface area contributed by atoms with Crippen LogP contribution in [0, 0.1) is 13.8 Å². The number of carbonyl (C=O) groups excluding carboxylic acids is 1. The third kappa shape index (κ3) is 4.00. The fraction of sp³-hybridized carbons (Fsp3) is 0.381. The van der Waals surface area contributed by atoms with E-state index < -0.39 is 10.0 Å². The first kappa shape index (κ1) is 21.3. The van der Waals surface area contributed by atoms with Gasteiger partial charge in [-0.25, -0.2) is 8.42 Å². The average molecular weight is 443 g/mol. The predicted molar refractivity (Wildman–Crippen MR) is 116 cm³/mol. The number of hydrogen-bond acceptors (Lipinski definition) is 5. The van der Waals surface area contributed by atoms with Crippen LogP contribution in [0.25, 0.3) is 11.3 Å². The van der Waals surface area contributed by atoms with Crippen LogP contribution in [0.2, 0.25) is 0 Å². The van der Waals surface area contributed by atoms with Gasteiger partial charge in [0.05, 0.1) is 17.1 Å². The fourth-order valence-electron chi connectivity index (χ4n) is 3.95. The topological polar surface area (TPSA) is 104 Å². The van der Waals surface area contributed by atoms with Gasteiger partial charge in [-0.1, -0.05) is 30.3 Å². The molecule has 0 atom stereocenters. The molecule has 0 spiro atoms. The quantitative estimate of drug-likeness (QED) is 0.665. The number of aromatic amines is 1. The smallest absolute Gasteiger partial charge is 0.271 e. The molecule has 1 aliphatic heterocycles. The van der Waals surface area contributed by atoms with Gasteiger partial charge in [0.15, 0.2) is 0 Å². The van der Waals surface area contributed by atoms with Gasteiger partial charge in [-0.3, -0.25) is 14.6 Å². The van der Waals surface area contributed by atoms with Gasteiger partial charge in [0.2, 0.25) is 10.0 Å². The van der Waals surface area contributed by atoms with E-state index in [2.05, 4.69) is 15.3 Å². The van der Waals surface area contributed by atoms with Crippen LogP contribution in [0.1, 0.15) is 28.3 Å². The van der Waals surface area contributed by atoms with E-state index in [1.165, 1.54) is 4.31 Å². The molecule has 4 rings (SSSR count). The van der Waals surface area contributed by atoms with Gasteiger partial charge in [0.25, 0.3) is 5.91 Å². The monoisotopic (exact) mass is 442 g/mol. The highest BCUT2D eigenvalue weighted by atomic mass is 32.2. The molecular formula is C21H26N6O3S. The molecule has 0 saturated carbocycles. The first-order chi connectivity index (χ1) is 14.8. The zero-order chi connectivity index (χ0) is 22.2. The molecule has 3 heterocycles. The summed E-state index contributed by atoms with van der Waals surface area (Å²) in [5.74, 6) is -0.178. The summed E-state index contributed by atoms with van der Waals surface area (Å²) < 4.78 is 29.5. The molecule has 1 aliphatic rings. The van der Waals surface area contributed by atoms with Crippen molar-refractivity contribution in [1.29, 1.82) is 0 Å². The normalized spacial score (nSPS) is 15.8. The van der Waals surface area contributed by atoms with Crippen LogP contribution in [0.5, 0.6) is 0 Å². The van der Waals surface area contributed by atoms with Crippen molar-refractivity contribution < 1.29 is 13.2 Å². The van der Waals surface area contributed by atoms with Crippen molar-refractivity contribution >= 4 is 15.9 Å². The Morgan fingerprint density at radius 3 is 2.48 bits per heavy atom. The largest absolute Gasteiger partial charge is 0.336 e. The number of amides is 1.